The molecule has 1 unspecified atom stereocenters. The second-order valence-electron chi connectivity index (χ2n) is 5.52. The van der Waals surface area contributed by atoms with Gasteiger partial charge in [-0.1, -0.05) is 22.9 Å². The van der Waals surface area contributed by atoms with Gasteiger partial charge in [-0.2, -0.15) is 0 Å². The van der Waals surface area contributed by atoms with Gasteiger partial charge in [-0.25, -0.2) is 0 Å². The van der Waals surface area contributed by atoms with Crippen molar-refractivity contribution in [2.75, 3.05) is 13.2 Å². The fourth-order valence-corrected chi connectivity index (χ4v) is 2.93. The lowest BCUT2D eigenvalue weighted by atomic mass is 9.99. The van der Waals surface area contributed by atoms with Crippen molar-refractivity contribution >= 4 is 15.9 Å². The van der Waals surface area contributed by atoms with Gasteiger partial charge in [0.05, 0.1) is 0 Å². The molecule has 19 heavy (non-hydrogen) atoms. The molecule has 1 aliphatic rings. The molecule has 1 aromatic carbocycles. The van der Waals surface area contributed by atoms with Gasteiger partial charge in [-0.15, -0.1) is 0 Å². The number of benzene rings is 1. The van der Waals surface area contributed by atoms with E-state index in [-0.39, 0.29) is 12.6 Å². The van der Waals surface area contributed by atoms with Crippen molar-refractivity contribution in [3.8, 4) is 5.75 Å². The summed E-state index contributed by atoms with van der Waals surface area (Å²) in [7, 11) is 0. The van der Waals surface area contributed by atoms with Crippen LogP contribution in [0.15, 0.2) is 22.7 Å². The molecule has 0 heterocycles. The molecule has 0 amide bonds. The molecule has 3 N–H and O–H groups in total. The van der Waals surface area contributed by atoms with E-state index in [4.69, 9.17) is 5.11 Å². The number of phenols is 1. The van der Waals surface area contributed by atoms with Crippen LogP contribution in [0.4, 0.5) is 0 Å². The van der Waals surface area contributed by atoms with Gasteiger partial charge in [0.25, 0.3) is 0 Å². The summed E-state index contributed by atoms with van der Waals surface area (Å²) in [6, 6.07) is 5.71. The van der Waals surface area contributed by atoms with Gasteiger partial charge in [-0.05, 0) is 49.3 Å². The van der Waals surface area contributed by atoms with Gasteiger partial charge >= 0.3 is 0 Å². The number of aliphatic hydroxyl groups is 1. The minimum Gasteiger partial charge on any atom is -0.508 e. The Bertz CT molecular complexity index is 432. The van der Waals surface area contributed by atoms with Gasteiger partial charge < -0.3 is 15.5 Å². The van der Waals surface area contributed by atoms with Crippen molar-refractivity contribution in [2.24, 2.45) is 5.41 Å². The molecular formula is C15H22BrNO2. The molecule has 2 rings (SSSR count). The normalized spacial score (nSPS) is 18.3. The summed E-state index contributed by atoms with van der Waals surface area (Å²) >= 11 is 3.45. The van der Waals surface area contributed by atoms with Crippen molar-refractivity contribution < 1.29 is 10.2 Å². The van der Waals surface area contributed by atoms with E-state index < -0.39 is 0 Å². The molecule has 1 aromatic rings. The molecule has 1 saturated carbocycles. The second kappa shape index (κ2) is 6.25. The Balaban J connectivity index is 2.02. The van der Waals surface area contributed by atoms with E-state index in [0.29, 0.717) is 11.2 Å². The number of halogens is 1. The van der Waals surface area contributed by atoms with Crippen molar-refractivity contribution in [3.63, 3.8) is 0 Å². The fourth-order valence-electron chi connectivity index (χ4n) is 2.55. The van der Waals surface area contributed by atoms with Crippen molar-refractivity contribution in [2.45, 2.75) is 38.6 Å². The highest BCUT2D eigenvalue weighted by Gasteiger charge is 2.41. The van der Waals surface area contributed by atoms with Gasteiger partial charge in [0.15, 0.2) is 0 Å². The van der Waals surface area contributed by atoms with Crippen LogP contribution in [0.1, 0.15) is 44.2 Å². The van der Waals surface area contributed by atoms with Crippen LogP contribution in [0.2, 0.25) is 0 Å². The van der Waals surface area contributed by atoms with Crippen LogP contribution in [0.3, 0.4) is 0 Å². The van der Waals surface area contributed by atoms with Crippen LogP contribution in [0, 0.1) is 5.41 Å². The maximum atomic E-state index is 9.98. The quantitative estimate of drug-likeness (QED) is 0.719. The lowest BCUT2D eigenvalue weighted by molar-refractivity contribution is 0.241. The Morgan fingerprint density at radius 3 is 2.74 bits per heavy atom. The summed E-state index contributed by atoms with van der Waals surface area (Å²) in [5, 5.41) is 22.6. The topological polar surface area (TPSA) is 52.5 Å². The summed E-state index contributed by atoms with van der Waals surface area (Å²) in [4.78, 5) is 0. The number of aromatic hydroxyl groups is 1. The molecule has 106 valence electrons. The molecule has 3 nitrogen and oxygen atoms in total. The van der Waals surface area contributed by atoms with Gasteiger partial charge in [0, 0.05) is 29.2 Å². The molecular weight excluding hydrogens is 306 g/mol. The Morgan fingerprint density at radius 2 is 2.16 bits per heavy atom. The second-order valence-corrected chi connectivity index (χ2v) is 6.43. The molecule has 1 atom stereocenters. The summed E-state index contributed by atoms with van der Waals surface area (Å²) in [6.45, 7) is 3.29. The predicted molar refractivity (Wildman–Crippen MR) is 80.2 cm³/mol. The monoisotopic (exact) mass is 327 g/mol. The summed E-state index contributed by atoms with van der Waals surface area (Å²) in [6.07, 6.45) is 4.20. The molecule has 0 spiro atoms. The lowest BCUT2D eigenvalue weighted by Crippen LogP contribution is -2.28. The number of rotatable bonds is 7. The summed E-state index contributed by atoms with van der Waals surface area (Å²) < 4.78 is 0.983. The standard InChI is InChI=1S/C15H22BrNO2/c1-2-13(12-9-11(16)3-4-14(12)19)17-10-15(5-6-15)7-8-18/h3-4,9,13,17-19H,2,5-8,10H2,1H3. The van der Waals surface area contributed by atoms with Gasteiger partial charge in [0.1, 0.15) is 5.75 Å². The van der Waals surface area contributed by atoms with Gasteiger partial charge in [-0.3, -0.25) is 0 Å². The lowest BCUT2D eigenvalue weighted by Gasteiger charge is -2.22. The highest BCUT2D eigenvalue weighted by atomic mass is 79.9. The largest absolute Gasteiger partial charge is 0.508 e. The van der Waals surface area contributed by atoms with Crippen LogP contribution < -0.4 is 5.32 Å². The third-order valence-corrected chi connectivity index (χ3v) is 4.59. The maximum absolute atomic E-state index is 9.98. The van der Waals surface area contributed by atoms with E-state index in [1.54, 1.807) is 6.07 Å². The number of aliphatic hydroxyl groups excluding tert-OH is 1. The third-order valence-electron chi connectivity index (χ3n) is 4.10. The average Bonchev–Trinajstić information content (AvgIpc) is 3.15. The molecule has 4 heteroatoms. The summed E-state index contributed by atoms with van der Waals surface area (Å²) in [5.74, 6) is 0.342. The molecule has 0 bridgehead atoms. The Morgan fingerprint density at radius 1 is 1.42 bits per heavy atom. The van der Waals surface area contributed by atoms with E-state index in [1.807, 2.05) is 12.1 Å². The molecule has 1 aliphatic carbocycles. The van der Waals surface area contributed by atoms with E-state index in [2.05, 4.69) is 28.2 Å². The van der Waals surface area contributed by atoms with Crippen LogP contribution >= 0.6 is 15.9 Å². The van der Waals surface area contributed by atoms with Crippen molar-refractivity contribution in [1.82, 2.24) is 5.32 Å². The Kier molecular flexibility index (Phi) is 4.87. The van der Waals surface area contributed by atoms with Crippen LogP contribution in [-0.4, -0.2) is 23.4 Å². The number of nitrogens with one attached hydrogen (secondary N) is 1. The first-order valence-corrected chi connectivity index (χ1v) is 7.72. The minimum absolute atomic E-state index is 0.161. The highest BCUT2D eigenvalue weighted by molar-refractivity contribution is 9.10. The number of phenolic OH excluding ortho intramolecular Hbond substituents is 1. The zero-order chi connectivity index (χ0) is 13.9. The SMILES string of the molecule is CCC(NCC1(CCO)CC1)c1cc(Br)ccc1O. The van der Waals surface area contributed by atoms with Crippen molar-refractivity contribution in [3.05, 3.63) is 28.2 Å². The first-order chi connectivity index (χ1) is 9.10. The zero-order valence-corrected chi connectivity index (χ0v) is 12.9. The number of hydrogen-bond donors (Lipinski definition) is 3. The first kappa shape index (κ1) is 14.8. The maximum Gasteiger partial charge on any atom is 0.120 e. The fraction of sp³-hybridized carbons (Fsp3) is 0.600. The van der Waals surface area contributed by atoms with Gasteiger partial charge in [0.2, 0.25) is 0 Å². The van der Waals surface area contributed by atoms with Crippen molar-refractivity contribution in [1.29, 1.82) is 0 Å². The van der Waals surface area contributed by atoms with Crippen LogP contribution in [-0.2, 0) is 0 Å². The summed E-state index contributed by atoms with van der Waals surface area (Å²) in [5.41, 5.74) is 1.24. The van der Waals surface area contributed by atoms with E-state index in [9.17, 15) is 5.11 Å². The first-order valence-electron chi connectivity index (χ1n) is 6.93. The molecule has 0 aliphatic heterocycles. The molecule has 0 saturated heterocycles. The predicted octanol–water partition coefficient (Wildman–Crippen LogP) is 3.36. The van der Waals surface area contributed by atoms with Crippen LogP contribution in [0.25, 0.3) is 0 Å². The number of hydrogen-bond acceptors (Lipinski definition) is 3. The average molecular weight is 328 g/mol. The third kappa shape index (κ3) is 3.71. The molecule has 0 radical (unpaired) electrons. The van der Waals surface area contributed by atoms with E-state index in [1.165, 1.54) is 12.8 Å². The zero-order valence-electron chi connectivity index (χ0n) is 11.3. The highest BCUT2D eigenvalue weighted by Crippen LogP contribution is 2.48. The smallest absolute Gasteiger partial charge is 0.120 e. The van der Waals surface area contributed by atoms with E-state index >= 15 is 0 Å². The molecule has 0 aromatic heterocycles. The Hall–Kier alpha value is -0.580. The molecule has 1 fully saturated rings. The van der Waals surface area contributed by atoms with E-state index in [0.717, 1.165) is 29.4 Å². The minimum atomic E-state index is 0.161. The Labute approximate surface area is 123 Å². The van der Waals surface area contributed by atoms with Crippen LogP contribution in [0.5, 0.6) is 5.75 Å².